The highest BCUT2D eigenvalue weighted by atomic mass is 32.1. The Bertz CT molecular complexity index is 1060. The van der Waals surface area contributed by atoms with Gasteiger partial charge in [0.2, 0.25) is 0 Å². The zero-order chi connectivity index (χ0) is 22.3. The highest BCUT2D eigenvalue weighted by molar-refractivity contribution is 7.79. The third-order valence-corrected chi connectivity index (χ3v) is 5.78. The quantitative estimate of drug-likeness (QED) is 0.532. The van der Waals surface area contributed by atoms with E-state index < -0.39 is 17.5 Å². The van der Waals surface area contributed by atoms with Gasteiger partial charge in [0.25, 0.3) is 11.8 Å². The molecule has 2 aliphatic heterocycles. The van der Waals surface area contributed by atoms with E-state index in [1.807, 2.05) is 19.9 Å². The van der Waals surface area contributed by atoms with Crippen LogP contribution in [0.5, 0.6) is 11.5 Å². The van der Waals surface area contributed by atoms with E-state index in [1.165, 1.54) is 7.11 Å². The molecule has 1 saturated heterocycles. The molecule has 0 saturated carbocycles. The number of rotatable bonds is 6. The van der Waals surface area contributed by atoms with Crippen LogP contribution in [0.4, 0.5) is 4.79 Å². The Morgan fingerprint density at radius 2 is 1.77 bits per heavy atom. The van der Waals surface area contributed by atoms with Crippen LogP contribution in [0.25, 0.3) is 0 Å². The lowest BCUT2D eigenvalue weighted by Gasteiger charge is -2.31. The molecule has 2 aromatic rings. The number of fused-ring (bicyclic) bond motifs is 1. The van der Waals surface area contributed by atoms with E-state index in [0.717, 1.165) is 9.87 Å². The Labute approximate surface area is 185 Å². The van der Waals surface area contributed by atoms with Crippen molar-refractivity contribution in [3.63, 3.8) is 0 Å². The molecule has 31 heavy (non-hydrogen) atoms. The Morgan fingerprint density at radius 3 is 2.35 bits per heavy atom. The molecule has 0 unspecified atom stereocenters. The second-order valence-electron chi connectivity index (χ2n) is 7.83. The molecule has 162 valence electrons. The lowest BCUT2D eigenvalue weighted by molar-refractivity contribution is -0.128. The zero-order valence-electron chi connectivity index (χ0n) is 17.4. The highest BCUT2D eigenvalue weighted by Gasteiger charge is 2.54. The number of hydrogen-bond acceptors (Lipinski definition) is 6. The molecular weight excluding hydrogens is 418 g/mol. The average molecular weight is 442 g/mol. The first-order valence-electron chi connectivity index (χ1n) is 9.84. The molecule has 2 aliphatic rings. The fourth-order valence-electron chi connectivity index (χ4n) is 3.93. The number of imide groups is 1. The van der Waals surface area contributed by atoms with Crippen molar-refractivity contribution in [3.05, 3.63) is 59.2 Å². The van der Waals surface area contributed by atoms with Crippen LogP contribution >= 0.6 is 12.8 Å². The van der Waals surface area contributed by atoms with Gasteiger partial charge < -0.3 is 19.7 Å². The molecule has 4 amide bonds. The van der Waals surface area contributed by atoms with E-state index in [2.05, 4.69) is 18.1 Å². The van der Waals surface area contributed by atoms with Crippen molar-refractivity contribution in [3.8, 4) is 11.5 Å². The first-order chi connectivity index (χ1) is 14.7. The van der Waals surface area contributed by atoms with Gasteiger partial charge in [-0.1, -0.05) is 31.0 Å². The topological polar surface area (TPSA) is 88.2 Å². The monoisotopic (exact) mass is 441 g/mol. The molecule has 1 atom stereocenters. The molecular formula is C22H23N3O5S. The summed E-state index contributed by atoms with van der Waals surface area (Å²) in [6, 6.07) is 11.6. The summed E-state index contributed by atoms with van der Waals surface area (Å²) in [4.78, 5) is 40.1. The number of hydrogen-bond donors (Lipinski definition) is 2. The summed E-state index contributed by atoms with van der Waals surface area (Å²) < 4.78 is 11.6. The van der Waals surface area contributed by atoms with Gasteiger partial charge in [-0.2, -0.15) is 0 Å². The van der Waals surface area contributed by atoms with E-state index in [1.54, 1.807) is 41.3 Å². The maximum absolute atomic E-state index is 13.1. The Morgan fingerprint density at radius 1 is 1.10 bits per heavy atom. The van der Waals surface area contributed by atoms with Gasteiger partial charge in [-0.15, -0.1) is 0 Å². The van der Waals surface area contributed by atoms with E-state index in [-0.39, 0.29) is 18.6 Å². The smallest absolute Gasteiger partial charge is 0.335 e. The molecule has 8 nitrogen and oxygen atoms in total. The number of carbonyl (C=O) groups is 3. The second kappa shape index (κ2) is 7.81. The summed E-state index contributed by atoms with van der Waals surface area (Å²) >= 11 is 4.03. The first kappa shape index (κ1) is 21.0. The zero-order valence-corrected chi connectivity index (χ0v) is 18.3. The van der Waals surface area contributed by atoms with Crippen LogP contribution in [0.3, 0.4) is 0 Å². The number of benzene rings is 2. The number of amides is 4. The standard InChI is InChI=1S/C22H23N3O5S/c1-13(2)30-16-8-5-15(6-9-16)22(20(27)25(31)21(28)23-22)12-24-11-14-4-7-17(29-3)10-18(14)19(24)26/h4-10,13,31H,11-12H2,1-3H3,(H,23,28)/t22-/m0/s1. The first-order valence-corrected chi connectivity index (χ1v) is 10.2. The number of methoxy groups -OCH3 is 1. The van der Waals surface area contributed by atoms with Crippen LogP contribution in [0, 0.1) is 0 Å². The van der Waals surface area contributed by atoms with Crippen LogP contribution in [0.2, 0.25) is 0 Å². The fraction of sp³-hybridized carbons (Fsp3) is 0.318. The predicted molar refractivity (Wildman–Crippen MR) is 116 cm³/mol. The minimum Gasteiger partial charge on any atom is -0.497 e. The maximum atomic E-state index is 13.1. The van der Waals surface area contributed by atoms with Crippen LogP contribution in [-0.2, 0) is 16.9 Å². The number of nitrogens with one attached hydrogen (secondary N) is 1. The van der Waals surface area contributed by atoms with Crippen molar-refractivity contribution in [2.75, 3.05) is 13.7 Å². The molecule has 0 aromatic heterocycles. The van der Waals surface area contributed by atoms with Crippen molar-refractivity contribution in [1.29, 1.82) is 0 Å². The van der Waals surface area contributed by atoms with E-state index in [9.17, 15) is 14.4 Å². The predicted octanol–water partition coefficient (Wildman–Crippen LogP) is 2.73. The molecule has 0 bridgehead atoms. The molecule has 9 heteroatoms. The van der Waals surface area contributed by atoms with Gasteiger partial charge in [-0.05, 0) is 49.2 Å². The summed E-state index contributed by atoms with van der Waals surface area (Å²) in [5.74, 6) is 0.453. The van der Waals surface area contributed by atoms with Crippen molar-refractivity contribution >= 4 is 30.7 Å². The molecule has 0 radical (unpaired) electrons. The second-order valence-corrected chi connectivity index (χ2v) is 8.23. The van der Waals surface area contributed by atoms with Crippen molar-refractivity contribution in [2.24, 2.45) is 0 Å². The normalized spacial score (nSPS) is 20.4. The van der Waals surface area contributed by atoms with Gasteiger partial charge in [-0.25, -0.2) is 9.10 Å². The maximum Gasteiger partial charge on any atom is 0.335 e. The van der Waals surface area contributed by atoms with Crippen molar-refractivity contribution < 1.29 is 23.9 Å². The van der Waals surface area contributed by atoms with Crippen molar-refractivity contribution in [1.82, 2.24) is 14.5 Å². The molecule has 4 rings (SSSR count). The number of urea groups is 1. The van der Waals surface area contributed by atoms with Crippen LogP contribution in [0.15, 0.2) is 42.5 Å². The van der Waals surface area contributed by atoms with E-state index in [4.69, 9.17) is 9.47 Å². The molecule has 1 fully saturated rings. The molecule has 0 spiro atoms. The van der Waals surface area contributed by atoms with Gasteiger partial charge in [0, 0.05) is 12.1 Å². The van der Waals surface area contributed by atoms with E-state index >= 15 is 0 Å². The summed E-state index contributed by atoms with van der Waals surface area (Å²) in [7, 11) is 1.54. The van der Waals surface area contributed by atoms with Crippen LogP contribution < -0.4 is 14.8 Å². The van der Waals surface area contributed by atoms with Gasteiger partial charge >= 0.3 is 6.03 Å². The SMILES string of the molecule is COc1ccc2c(c1)C(=O)N(C[C@@]1(c3ccc(OC(C)C)cc3)NC(=O)N(S)C1=O)C2. The third-order valence-electron chi connectivity index (χ3n) is 5.41. The average Bonchev–Trinajstić information content (AvgIpc) is 3.17. The number of carbonyl (C=O) groups excluding carboxylic acids is 3. The van der Waals surface area contributed by atoms with Gasteiger partial charge in [-0.3, -0.25) is 9.59 Å². The molecule has 2 heterocycles. The van der Waals surface area contributed by atoms with Crippen LogP contribution in [0.1, 0.15) is 35.3 Å². The highest BCUT2D eigenvalue weighted by Crippen LogP contribution is 2.35. The van der Waals surface area contributed by atoms with Crippen LogP contribution in [-0.4, -0.2) is 46.8 Å². The molecule has 0 aliphatic carbocycles. The Kier molecular flexibility index (Phi) is 5.30. The largest absolute Gasteiger partial charge is 0.497 e. The lowest BCUT2D eigenvalue weighted by Crippen LogP contribution is -2.52. The molecule has 1 N–H and O–H groups in total. The van der Waals surface area contributed by atoms with E-state index in [0.29, 0.717) is 29.2 Å². The summed E-state index contributed by atoms with van der Waals surface area (Å²) in [6.45, 7) is 4.13. The fourth-order valence-corrected chi connectivity index (χ4v) is 4.15. The minimum absolute atomic E-state index is 0.00160. The molecule has 2 aromatic carbocycles. The van der Waals surface area contributed by atoms with Gasteiger partial charge in [0.05, 0.1) is 19.8 Å². The summed E-state index contributed by atoms with van der Waals surface area (Å²) in [5, 5.41) is 2.74. The lowest BCUT2D eigenvalue weighted by atomic mass is 9.89. The number of thiol groups is 1. The van der Waals surface area contributed by atoms with Gasteiger partial charge in [0.15, 0.2) is 5.54 Å². The van der Waals surface area contributed by atoms with Crippen molar-refractivity contribution in [2.45, 2.75) is 32.0 Å². The Balaban J connectivity index is 1.68. The summed E-state index contributed by atoms with van der Waals surface area (Å²) in [5.41, 5.74) is 0.451. The third kappa shape index (κ3) is 3.59. The number of ether oxygens (including phenoxy) is 2. The van der Waals surface area contributed by atoms with Gasteiger partial charge in [0.1, 0.15) is 11.5 Å². The Hall–Kier alpha value is -3.20. The number of nitrogens with zero attached hydrogens (tertiary/aromatic N) is 2. The summed E-state index contributed by atoms with van der Waals surface area (Å²) in [6.07, 6.45) is -0.00160. The minimum atomic E-state index is -1.45.